The summed E-state index contributed by atoms with van der Waals surface area (Å²) in [5.74, 6) is 0. The Hall–Kier alpha value is -0.450. The van der Waals surface area contributed by atoms with Crippen LogP contribution in [0.4, 0.5) is 0 Å². The van der Waals surface area contributed by atoms with Crippen LogP contribution in [0.5, 0.6) is 0 Å². The Balaban J connectivity index is 2.04. The first kappa shape index (κ1) is 12.0. The Morgan fingerprint density at radius 3 is 3.06 bits per heavy atom. The summed E-state index contributed by atoms with van der Waals surface area (Å²) in [5, 5.41) is 1.21. The minimum atomic E-state index is 0.247. The molecule has 1 aliphatic heterocycles. The van der Waals surface area contributed by atoms with Gasteiger partial charge in [0.05, 0.1) is 10.7 Å². The van der Waals surface area contributed by atoms with Crippen molar-refractivity contribution in [3.63, 3.8) is 0 Å². The molecular formula is C12H20N2OS. The Morgan fingerprint density at radius 1 is 1.50 bits per heavy atom. The molecule has 4 heteroatoms. The number of aromatic nitrogens is 1. The van der Waals surface area contributed by atoms with Crippen LogP contribution < -0.4 is 5.73 Å². The smallest absolute Gasteiger partial charge is 0.101 e. The van der Waals surface area contributed by atoms with Crippen molar-refractivity contribution in [3.8, 4) is 0 Å². The van der Waals surface area contributed by atoms with Crippen molar-refractivity contribution in [2.45, 2.75) is 45.1 Å². The van der Waals surface area contributed by atoms with Gasteiger partial charge in [-0.1, -0.05) is 0 Å². The molecule has 0 spiro atoms. The van der Waals surface area contributed by atoms with E-state index in [0.717, 1.165) is 32.4 Å². The first-order chi connectivity index (χ1) is 7.81. The van der Waals surface area contributed by atoms with Gasteiger partial charge in [0.15, 0.2) is 0 Å². The highest BCUT2D eigenvalue weighted by Crippen LogP contribution is 2.32. The second-order valence-electron chi connectivity index (χ2n) is 4.30. The lowest BCUT2D eigenvalue weighted by molar-refractivity contribution is 0.0122. The largest absolute Gasteiger partial charge is 0.372 e. The lowest BCUT2D eigenvalue weighted by Gasteiger charge is -2.21. The Labute approximate surface area is 101 Å². The van der Waals surface area contributed by atoms with Gasteiger partial charge < -0.3 is 10.5 Å². The molecule has 90 valence electrons. The average Bonchev–Trinajstić information content (AvgIpc) is 2.69. The maximum Gasteiger partial charge on any atom is 0.101 e. The van der Waals surface area contributed by atoms with E-state index in [4.69, 9.17) is 15.5 Å². The highest BCUT2D eigenvalue weighted by atomic mass is 32.1. The molecule has 2 heterocycles. The molecule has 1 aromatic heterocycles. The first-order valence-electron chi connectivity index (χ1n) is 6.09. The minimum Gasteiger partial charge on any atom is -0.372 e. The molecule has 0 saturated carbocycles. The standard InChI is InChI=1S/C12H20N2OS/c1-9-12(10-5-2-3-8-15-10)14-11(16-9)6-4-7-13/h10H,2-8,13H2,1H3. The van der Waals surface area contributed by atoms with Gasteiger partial charge in [0.2, 0.25) is 0 Å². The lowest BCUT2D eigenvalue weighted by Crippen LogP contribution is -2.12. The van der Waals surface area contributed by atoms with Gasteiger partial charge >= 0.3 is 0 Å². The molecule has 3 nitrogen and oxygen atoms in total. The molecule has 0 aliphatic carbocycles. The number of thiazole rings is 1. The second kappa shape index (κ2) is 5.75. The van der Waals surface area contributed by atoms with Crippen molar-refractivity contribution in [2.24, 2.45) is 5.73 Å². The van der Waals surface area contributed by atoms with E-state index in [9.17, 15) is 0 Å². The van der Waals surface area contributed by atoms with Gasteiger partial charge in [-0.2, -0.15) is 0 Å². The molecule has 0 radical (unpaired) electrons. The zero-order valence-electron chi connectivity index (χ0n) is 9.87. The number of nitrogens with zero attached hydrogens (tertiary/aromatic N) is 1. The summed E-state index contributed by atoms with van der Waals surface area (Å²) in [6.07, 6.45) is 5.86. The third kappa shape index (κ3) is 2.81. The summed E-state index contributed by atoms with van der Waals surface area (Å²) in [4.78, 5) is 6.03. The topological polar surface area (TPSA) is 48.1 Å². The van der Waals surface area contributed by atoms with Crippen molar-refractivity contribution in [1.29, 1.82) is 0 Å². The summed E-state index contributed by atoms with van der Waals surface area (Å²) >= 11 is 1.80. The maximum atomic E-state index is 5.78. The predicted molar refractivity (Wildman–Crippen MR) is 66.8 cm³/mol. The van der Waals surface area contributed by atoms with E-state index in [1.165, 1.54) is 28.4 Å². The Morgan fingerprint density at radius 2 is 2.38 bits per heavy atom. The monoisotopic (exact) mass is 240 g/mol. The van der Waals surface area contributed by atoms with Gasteiger partial charge in [0.25, 0.3) is 0 Å². The van der Waals surface area contributed by atoms with Crippen LogP contribution in [0, 0.1) is 6.92 Å². The average molecular weight is 240 g/mol. The van der Waals surface area contributed by atoms with E-state index < -0.39 is 0 Å². The number of nitrogens with two attached hydrogens (primary N) is 1. The fourth-order valence-electron chi connectivity index (χ4n) is 2.08. The minimum absolute atomic E-state index is 0.247. The highest BCUT2D eigenvalue weighted by Gasteiger charge is 2.21. The number of rotatable bonds is 4. The fraction of sp³-hybridized carbons (Fsp3) is 0.750. The Bertz CT molecular complexity index is 332. The number of hydrogen-bond acceptors (Lipinski definition) is 4. The number of hydrogen-bond donors (Lipinski definition) is 1. The first-order valence-corrected chi connectivity index (χ1v) is 6.91. The summed E-state index contributed by atoms with van der Waals surface area (Å²) in [6.45, 7) is 3.78. The van der Waals surface area contributed by atoms with Crippen LogP contribution in [0.25, 0.3) is 0 Å². The van der Waals surface area contributed by atoms with E-state index in [-0.39, 0.29) is 6.10 Å². The van der Waals surface area contributed by atoms with Gasteiger partial charge in [-0.25, -0.2) is 4.98 Å². The highest BCUT2D eigenvalue weighted by molar-refractivity contribution is 7.11. The fourth-order valence-corrected chi connectivity index (χ4v) is 3.11. The van der Waals surface area contributed by atoms with Gasteiger partial charge in [-0.3, -0.25) is 0 Å². The van der Waals surface area contributed by atoms with Crippen LogP contribution in [-0.4, -0.2) is 18.1 Å². The van der Waals surface area contributed by atoms with Crippen molar-refractivity contribution < 1.29 is 4.74 Å². The van der Waals surface area contributed by atoms with Gasteiger partial charge in [-0.05, 0) is 39.2 Å². The number of ether oxygens (including phenoxy) is 1. The van der Waals surface area contributed by atoms with Gasteiger partial charge in [0, 0.05) is 17.9 Å². The zero-order chi connectivity index (χ0) is 11.4. The van der Waals surface area contributed by atoms with Gasteiger partial charge in [-0.15, -0.1) is 11.3 Å². The van der Waals surface area contributed by atoms with Crippen LogP contribution in [0.1, 0.15) is 47.4 Å². The maximum absolute atomic E-state index is 5.78. The molecule has 0 bridgehead atoms. The van der Waals surface area contributed by atoms with E-state index in [2.05, 4.69) is 6.92 Å². The molecule has 1 atom stereocenters. The van der Waals surface area contributed by atoms with Crippen LogP contribution >= 0.6 is 11.3 Å². The quantitative estimate of drug-likeness (QED) is 0.880. The molecule has 16 heavy (non-hydrogen) atoms. The molecule has 0 aromatic carbocycles. The third-order valence-corrected chi connectivity index (χ3v) is 4.00. The second-order valence-corrected chi connectivity index (χ2v) is 5.58. The summed E-state index contributed by atoms with van der Waals surface area (Å²) in [6, 6.07) is 0. The van der Waals surface area contributed by atoms with E-state index in [0.29, 0.717) is 0 Å². The van der Waals surface area contributed by atoms with Crippen molar-refractivity contribution in [3.05, 3.63) is 15.6 Å². The summed E-state index contributed by atoms with van der Waals surface area (Å²) in [7, 11) is 0. The third-order valence-electron chi connectivity index (χ3n) is 2.96. The molecule has 2 rings (SSSR count). The summed E-state index contributed by atoms with van der Waals surface area (Å²) in [5.41, 5.74) is 6.69. The lowest BCUT2D eigenvalue weighted by atomic mass is 10.1. The molecule has 1 aromatic rings. The van der Waals surface area contributed by atoms with Gasteiger partial charge in [0.1, 0.15) is 6.10 Å². The van der Waals surface area contributed by atoms with Crippen LogP contribution in [-0.2, 0) is 11.2 Å². The van der Waals surface area contributed by atoms with Crippen molar-refractivity contribution in [1.82, 2.24) is 4.98 Å². The molecule has 1 aliphatic rings. The van der Waals surface area contributed by atoms with Crippen molar-refractivity contribution in [2.75, 3.05) is 13.2 Å². The SMILES string of the molecule is Cc1sc(CCCN)nc1C1CCCCO1. The normalized spacial score (nSPS) is 21.2. The molecule has 1 unspecified atom stereocenters. The van der Waals surface area contributed by atoms with E-state index in [1.54, 1.807) is 11.3 Å². The van der Waals surface area contributed by atoms with Crippen LogP contribution in [0.2, 0.25) is 0 Å². The van der Waals surface area contributed by atoms with Crippen LogP contribution in [0.3, 0.4) is 0 Å². The number of aryl methyl sites for hydroxylation is 2. The molecule has 0 amide bonds. The zero-order valence-corrected chi connectivity index (χ0v) is 10.7. The van der Waals surface area contributed by atoms with Crippen molar-refractivity contribution >= 4 is 11.3 Å². The predicted octanol–water partition coefficient (Wildman–Crippen LogP) is 2.58. The molecular weight excluding hydrogens is 220 g/mol. The molecule has 1 fully saturated rings. The van der Waals surface area contributed by atoms with E-state index in [1.807, 2.05) is 0 Å². The van der Waals surface area contributed by atoms with Crippen LogP contribution in [0.15, 0.2) is 0 Å². The Kier molecular flexibility index (Phi) is 4.32. The summed E-state index contributed by atoms with van der Waals surface area (Å²) < 4.78 is 5.78. The molecule has 1 saturated heterocycles. The van der Waals surface area contributed by atoms with E-state index >= 15 is 0 Å². The molecule has 2 N–H and O–H groups in total.